The molecule has 0 spiro atoms. The molecular weight excluding hydrogens is 308 g/mol. The fraction of sp³-hybridized carbons (Fsp3) is 0.278. The normalized spacial score (nSPS) is 10.3. The second kappa shape index (κ2) is 8.81. The molecule has 0 unspecified atom stereocenters. The van der Waals surface area contributed by atoms with E-state index in [9.17, 15) is 0 Å². The van der Waals surface area contributed by atoms with Crippen molar-refractivity contribution in [2.45, 2.75) is 25.2 Å². The van der Waals surface area contributed by atoms with Crippen LogP contribution in [0.1, 0.15) is 18.1 Å². The Bertz CT molecular complexity index is 609. The number of thiocarbonyl (C=S) groups is 1. The third-order valence-corrected chi connectivity index (χ3v) is 4.53. The number of anilines is 1. The molecule has 4 heteroatoms. The molecule has 0 amide bonds. The first kappa shape index (κ1) is 16.8. The van der Waals surface area contributed by atoms with Crippen LogP contribution in [-0.2, 0) is 6.42 Å². The summed E-state index contributed by atoms with van der Waals surface area (Å²) in [4.78, 5) is 1.29. The Morgan fingerprint density at radius 3 is 2.64 bits per heavy atom. The van der Waals surface area contributed by atoms with Gasteiger partial charge in [0.15, 0.2) is 5.11 Å². The van der Waals surface area contributed by atoms with Crippen LogP contribution < -0.4 is 10.6 Å². The van der Waals surface area contributed by atoms with E-state index in [0.29, 0.717) is 5.11 Å². The monoisotopic (exact) mass is 330 g/mol. The summed E-state index contributed by atoms with van der Waals surface area (Å²) in [6, 6.07) is 16.9. The molecule has 2 nitrogen and oxygen atoms in total. The number of hydrogen-bond acceptors (Lipinski definition) is 2. The molecule has 0 aliphatic carbocycles. The lowest BCUT2D eigenvalue weighted by molar-refractivity contribution is 0.990. The van der Waals surface area contributed by atoms with Crippen LogP contribution in [-0.4, -0.2) is 17.4 Å². The molecule has 0 aliphatic rings. The molecule has 0 aromatic heterocycles. The van der Waals surface area contributed by atoms with Crippen LogP contribution in [0, 0.1) is 6.92 Å². The summed E-state index contributed by atoms with van der Waals surface area (Å²) in [7, 11) is 0. The van der Waals surface area contributed by atoms with Crippen LogP contribution in [0.3, 0.4) is 0 Å². The molecule has 22 heavy (non-hydrogen) atoms. The first-order valence-corrected chi connectivity index (χ1v) is 8.90. The minimum absolute atomic E-state index is 0.678. The predicted octanol–water partition coefficient (Wildman–Crippen LogP) is 4.64. The highest BCUT2D eigenvalue weighted by molar-refractivity contribution is 7.99. The van der Waals surface area contributed by atoms with Crippen LogP contribution in [0.5, 0.6) is 0 Å². The lowest BCUT2D eigenvalue weighted by atomic mass is 10.1. The Morgan fingerprint density at radius 2 is 1.91 bits per heavy atom. The van der Waals surface area contributed by atoms with Gasteiger partial charge in [-0.05, 0) is 55.4 Å². The molecule has 0 atom stereocenters. The maximum atomic E-state index is 5.33. The zero-order valence-electron chi connectivity index (χ0n) is 13.1. The molecular formula is C18H22N2S2. The lowest BCUT2D eigenvalue weighted by Crippen LogP contribution is -2.30. The third kappa shape index (κ3) is 5.70. The van der Waals surface area contributed by atoms with Crippen LogP contribution in [0.25, 0.3) is 0 Å². The highest BCUT2D eigenvalue weighted by atomic mass is 32.2. The highest BCUT2D eigenvalue weighted by Crippen LogP contribution is 2.17. The van der Waals surface area contributed by atoms with E-state index >= 15 is 0 Å². The van der Waals surface area contributed by atoms with Gasteiger partial charge in [0.05, 0.1) is 0 Å². The molecule has 2 aromatic rings. The fourth-order valence-corrected chi connectivity index (χ4v) is 3.00. The zero-order chi connectivity index (χ0) is 15.8. The van der Waals surface area contributed by atoms with Gasteiger partial charge in [-0.2, -0.15) is 0 Å². The topological polar surface area (TPSA) is 24.1 Å². The molecule has 0 heterocycles. The Hall–Kier alpha value is -1.52. The van der Waals surface area contributed by atoms with Crippen molar-refractivity contribution < 1.29 is 0 Å². The van der Waals surface area contributed by atoms with Gasteiger partial charge < -0.3 is 10.6 Å². The minimum atomic E-state index is 0.678. The molecule has 0 saturated heterocycles. The predicted molar refractivity (Wildman–Crippen MR) is 102 cm³/mol. The summed E-state index contributed by atoms with van der Waals surface area (Å²) < 4.78 is 0. The Balaban J connectivity index is 1.70. The summed E-state index contributed by atoms with van der Waals surface area (Å²) >= 11 is 7.16. The maximum absolute atomic E-state index is 5.33. The number of benzene rings is 2. The fourth-order valence-electron chi connectivity index (χ4n) is 2.01. The second-order valence-corrected chi connectivity index (χ2v) is 6.67. The van der Waals surface area contributed by atoms with Gasteiger partial charge >= 0.3 is 0 Å². The Morgan fingerprint density at radius 1 is 1.14 bits per heavy atom. The van der Waals surface area contributed by atoms with E-state index in [1.54, 1.807) is 0 Å². The van der Waals surface area contributed by atoms with Gasteiger partial charge in [0, 0.05) is 22.9 Å². The van der Waals surface area contributed by atoms with Crippen molar-refractivity contribution in [1.82, 2.24) is 5.32 Å². The van der Waals surface area contributed by atoms with E-state index in [2.05, 4.69) is 66.9 Å². The van der Waals surface area contributed by atoms with Gasteiger partial charge in [0.25, 0.3) is 0 Å². The average Bonchev–Trinajstić information content (AvgIpc) is 2.53. The van der Waals surface area contributed by atoms with Crippen LogP contribution >= 0.6 is 24.0 Å². The molecule has 2 rings (SSSR count). The van der Waals surface area contributed by atoms with E-state index in [0.717, 1.165) is 24.4 Å². The van der Waals surface area contributed by atoms with Crippen molar-refractivity contribution in [3.8, 4) is 0 Å². The van der Waals surface area contributed by atoms with Gasteiger partial charge in [-0.3, -0.25) is 0 Å². The molecule has 0 radical (unpaired) electrons. The van der Waals surface area contributed by atoms with Crippen LogP contribution in [0.4, 0.5) is 5.69 Å². The quantitative estimate of drug-likeness (QED) is 0.458. The molecule has 116 valence electrons. The number of rotatable bonds is 6. The summed E-state index contributed by atoms with van der Waals surface area (Å²) in [6.45, 7) is 5.10. The van der Waals surface area contributed by atoms with Crippen molar-refractivity contribution in [2.75, 3.05) is 17.6 Å². The SMILES string of the molecule is CCc1cccc(NC(=S)NCCSc2ccc(C)cc2)c1. The molecule has 0 fully saturated rings. The number of aryl methyl sites for hydroxylation is 2. The highest BCUT2D eigenvalue weighted by Gasteiger charge is 1.99. The van der Waals surface area contributed by atoms with Crippen molar-refractivity contribution in [3.63, 3.8) is 0 Å². The second-order valence-electron chi connectivity index (χ2n) is 5.10. The summed E-state index contributed by atoms with van der Waals surface area (Å²) in [5, 5.41) is 7.16. The molecule has 2 N–H and O–H groups in total. The van der Waals surface area contributed by atoms with Gasteiger partial charge in [-0.25, -0.2) is 0 Å². The van der Waals surface area contributed by atoms with Gasteiger partial charge in [-0.1, -0.05) is 36.8 Å². The third-order valence-electron chi connectivity index (χ3n) is 3.27. The van der Waals surface area contributed by atoms with Gasteiger partial charge in [-0.15, -0.1) is 11.8 Å². The summed E-state index contributed by atoms with van der Waals surface area (Å²) in [5.41, 5.74) is 3.65. The van der Waals surface area contributed by atoms with E-state index in [1.165, 1.54) is 16.0 Å². The van der Waals surface area contributed by atoms with Gasteiger partial charge in [0.2, 0.25) is 0 Å². The van der Waals surface area contributed by atoms with E-state index in [4.69, 9.17) is 12.2 Å². The van der Waals surface area contributed by atoms with Crippen LogP contribution in [0.2, 0.25) is 0 Å². The number of thioether (sulfide) groups is 1. The average molecular weight is 331 g/mol. The Labute approximate surface area is 142 Å². The maximum Gasteiger partial charge on any atom is 0.170 e. The Kier molecular flexibility index (Phi) is 6.74. The first-order chi connectivity index (χ1) is 10.7. The van der Waals surface area contributed by atoms with E-state index in [-0.39, 0.29) is 0 Å². The summed E-state index contributed by atoms with van der Waals surface area (Å²) in [6.07, 6.45) is 1.03. The standard InChI is InChI=1S/C18H22N2S2/c1-3-15-5-4-6-16(13-15)20-18(21)19-11-12-22-17-9-7-14(2)8-10-17/h4-10,13H,3,11-12H2,1-2H3,(H2,19,20,21). The molecule has 0 saturated carbocycles. The minimum Gasteiger partial charge on any atom is -0.362 e. The largest absolute Gasteiger partial charge is 0.362 e. The lowest BCUT2D eigenvalue weighted by Gasteiger charge is -2.11. The van der Waals surface area contributed by atoms with Gasteiger partial charge in [0.1, 0.15) is 0 Å². The van der Waals surface area contributed by atoms with E-state index in [1.807, 2.05) is 17.8 Å². The smallest absolute Gasteiger partial charge is 0.170 e. The van der Waals surface area contributed by atoms with E-state index < -0.39 is 0 Å². The van der Waals surface area contributed by atoms with Crippen molar-refractivity contribution >= 4 is 34.8 Å². The van der Waals surface area contributed by atoms with Crippen molar-refractivity contribution in [1.29, 1.82) is 0 Å². The summed E-state index contributed by atoms with van der Waals surface area (Å²) in [5.74, 6) is 0.986. The molecule has 0 aliphatic heterocycles. The van der Waals surface area contributed by atoms with Crippen molar-refractivity contribution in [3.05, 3.63) is 59.7 Å². The zero-order valence-corrected chi connectivity index (χ0v) is 14.7. The molecule has 2 aromatic carbocycles. The van der Waals surface area contributed by atoms with Crippen LogP contribution in [0.15, 0.2) is 53.4 Å². The van der Waals surface area contributed by atoms with Crippen molar-refractivity contribution in [2.24, 2.45) is 0 Å². The number of nitrogens with one attached hydrogen (secondary N) is 2. The first-order valence-electron chi connectivity index (χ1n) is 7.50. The number of hydrogen-bond donors (Lipinski definition) is 2. The molecule has 0 bridgehead atoms.